The third kappa shape index (κ3) is 6.34. The number of H-pyrrole nitrogens is 1. The maximum absolute atomic E-state index is 13.8. The number of carbonyl (C=O) groups is 1. The molecule has 0 spiro atoms. The summed E-state index contributed by atoms with van der Waals surface area (Å²) in [6, 6.07) is 17.4. The molecule has 5 rings (SSSR count). The zero-order chi connectivity index (χ0) is 26.3. The molecule has 3 heterocycles. The number of benzene rings is 2. The van der Waals surface area contributed by atoms with Crippen LogP contribution in [0.5, 0.6) is 0 Å². The van der Waals surface area contributed by atoms with Crippen LogP contribution in [0.4, 0.5) is 0 Å². The number of nitrogens with zero attached hydrogens (tertiary/aromatic N) is 3. The number of fused-ring (bicyclic) bond motifs is 1. The minimum atomic E-state index is -0.137. The smallest absolute Gasteiger partial charge is 0.256 e. The molecule has 1 aromatic heterocycles. The molecule has 2 fully saturated rings. The maximum atomic E-state index is 13.8. The van der Waals surface area contributed by atoms with E-state index in [0.29, 0.717) is 28.6 Å². The first-order valence-electron chi connectivity index (χ1n) is 14.3. The van der Waals surface area contributed by atoms with Crippen LogP contribution >= 0.6 is 0 Å². The number of carbonyl (C=O) groups excluding carboxylic acids is 1. The van der Waals surface area contributed by atoms with Gasteiger partial charge >= 0.3 is 0 Å². The topological polar surface area (TPSA) is 71.7 Å². The van der Waals surface area contributed by atoms with Gasteiger partial charge in [-0.3, -0.25) is 19.4 Å². The van der Waals surface area contributed by atoms with E-state index in [1.165, 1.54) is 32.4 Å². The molecular weight excluding hydrogens is 474 g/mol. The molecule has 1 atom stereocenters. The quantitative estimate of drug-likeness (QED) is 0.451. The van der Waals surface area contributed by atoms with Gasteiger partial charge in [0.1, 0.15) is 0 Å². The minimum Gasteiger partial charge on any atom is -0.345 e. The van der Waals surface area contributed by atoms with Gasteiger partial charge < -0.3 is 15.2 Å². The fourth-order valence-corrected chi connectivity index (χ4v) is 5.90. The van der Waals surface area contributed by atoms with Gasteiger partial charge in [0, 0.05) is 62.3 Å². The maximum Gasteiger partial charge on any atom is 0.256 e. The number of aromatic amines is 1. The second-order valence-electron chi connectivity index (χ2n) is 10.7. The Bertz CT molecular complexity index is 1260. The lowest BCUT2D eigenvalue weighted by molar-refractivity contribution is 0.0928. The average molecular weight is 516 g/mol. The fourth-order valence-electron chi connectivity index (χ4n) is 5.90. The van der Waals surface area contributed by atoms with E-state index >= 15 is 0 Å². The monoisotopic (exact) mass is 515 g/mol. The van der Waals surface area contributed by atoms with Crippen LogP contribution in [0, 0.1) is 0 Å². The molecule has 2 N–H and O–H groups in total. The lowest BCUT2D eigenvalue weighted by atomic mass is 10.0. The largest absolute Gasteiger partial charge is 0.345 e. The molecule has 2 aliphatic heterocycles. The van der Waals surface area contributed by atoms with E-state index in [-0.39, 0.29) is 17.5 Å². The summed E-state index contributed by atoms with van der Waals surface area (Å²) in [5.41, 5.74) is 2.24. The van der Waals surface area contributed by atoms with E-state index in [9.17, 15) is 9.59 Å². The first-order valence-corrected chi connectivity index (χ1v) is 14.3. The van der Waals surface area contributed by atoms with Crippen LogP contribution in [0.2, 0.25) is 0 Å². The van der Waals surface area contributed by atoms with Crippen molar-refractivity contribution in [1.29, 1.82) is 0 Å². The zero-order valence-corrected chi connectivity index (χ0v) is 22.6. The van der Waals surface area contributed by atoms with Crippen LogP contribution < -0.4 is 10.9 Å². The number of piperidine rings is 1. The molecule has 1 amide bonds. The Labute approximate surface area is 225 Å². The molecule has 202 valence electrons. The fraction of sp³-hybridized carbons (Fsp3) is 0.484. The van der Waals surface area contributed by atoms with E-state index < -0.39 is 0 Å². The number of likely N-dealkylation sites (tertiary alicyclic amines) is 1. The Morgan fingerprint density at radius 3 is 2.11 bits per heavy atom. The zero-order valence-electron chi connectivity index (χ0n) is 22.6. The third-order valence-corrected chi connectivity index (χ3v) is 8.18. The highest BCUT2D eigenvalue weighted by atomic mass is 16.2. The molecule has 0 unspecified atom stereocenters. The molecule has 38 heavy (non-hydrogen) atoms. The summed E-state index contributed by atoms with van der Waals surface area (Å²) in [4.78, 5) is 37.4. The minimum absolute atomic E-state index is 0.0920. The van der Waals surface area contributed by atoms with Crippen LogP contribution in [0.3, 0.4) is 0 Å². The van der Waals surface area contributed by atoms with Crippen LogP contribution in [0.25, 0.3) is 10.8 Å². The Morgan fingerprint density at radius 1 is 0.816 bits per heavy atom. The van der Waals surface area contributed by atoms with Crippen molar-refractivity contribution in [2.75, 3.05) is 52.4 Å². The van der Waals surface area contributed by atoms with Gasteiger partial charge in [-0.25, -0.2) is 0 Å². The van der Waals surface area contributed by atoms with Gasteiger partial charge in [0.15, 0.2) is 0 Å². The second kappa shape index (κ2) is 12.7. The van der Waals surface area contributed by atoms with Gasteiger partial charge in [0.25, 0.3) is 11.5 Å². The van der Waals surface area contributed by atoms with Crippen LogP contribution in [-0.4, -0.2) is 77.9 Å². The number of nitrogens with one attached hydrogen (secondary N) is 2. The van der Waals surface area contributed by atoms with Crippen molar-refractivity contribution in [3.05, 3.63) is 81.8 Å². The van der Waals surface area contributed by atoms with Crippen molar-refractivity contribution >= 4 is 16.7 Å². The lowest BCUT2D eigenvalue weighted by Crippen LogP contribution is -2.48. The predicted molar refractivity (Wildman–Crippen MR) is 154 cm³/mol. The summed E-state index contributed by atoms with van der Waals surface area (Å²) < 4.78 is 0. The van der Waals surface area contributed by atoms with Gasteiger partial charge in [-0.2, -0.15) is 0 Å². The van der Waals surface area contributed by atoms with E-state index in [4.69, 9.17) is 0 Å². The second-order valence-corrected chi connectivity index (χ2v) is 10.7. The molecule has 2 saturated heterocycles. The van der Waals surface area contributed by atoms with Gasteiger partial charge in [-0.15, -0.1) is 0 Å². The SMILES string of the molecule is CC[C@H](NC(=O)c1c(CN2CCN(CCN3CCCCC3)CC2)[nH]c(=O)c2ccccc12)c1ccccc1. The summed E-state index contributed by atoms with van der Waals surface area (Å²) in [6.07, 6.45) is 4.82. The van der Waals surface area contributed by atoms with Crippen molar-refractivity contribution in [3.8, 4) is 0 Å². The van der Waals surface area contributed by atoms with Gasteiger partial charge in [0.2, 0.25) is 0 Å². The first-order chi connectivity index (χ1) is 18.6. The highest BCUT2D eigenvalue weighted by Gasteiger charge is 2.24. The van der Waals surface area contributed by atoms with Crippen LogP contribution in [0.15, 0.2) is 59.4 Å². The predicted octanol–water partition coefficient (Wildman–Crippen LogP) is 4.01. The van der Waals surface area contributed by atoms with Crippen molar-refractivity contribution in [3.63, 3.8) is 0 Å². The normalized spacial score (nSPS) is 18.4. The summed E-state index contributed by atoms with van der Waals surface area (Å²) in [5.74, 6) is -0.136. The Balaban J connectivity index is 1.31. The van der Waals surface area contributed by atoms with Crippen molar-refractivity contribution in [2.45, 2.75) is 45.2 Å². The number of hydrogen-bond donors (Lipinski definition) is 2. The van der Waals surface area contributed by atoms with Gasteiger partial charge in [0.05, 0.1) is 11.6 Å². The molecular formula is C31H41N5O2. The van der Waals surface area contributed by atoms with Gasteiger partial charge in [-0.05, 0) is 44.0 Å². The molecule has 0 radical (unpaired) electrons. The molecule has 7 heteroatoms. The molecule has 0 saturated carbocycles. The highest BCUT2D eigenvalue weighted by Crippen LogP contribution is 2.23. The summed E-state index contributed by atoms with van der Waals surface area (Å²) in [6.45, 7) is 11.3. The highest BCUT2D eigenvalue weighted by molar-refractivity contribution is 6.07. The molecule has 3 aromatic rings. The number of hydrogen-bond acceptors (Lipinski definition) is 5. The number of piperazine rings is 1. The Hall–Kier alpha value is -3.00. The van der Waals surface area contributed by atoms with Gasteiger partial charge in [-0.1, -0.05) is 61.9 Å². The Morgan fingerprint density at radius 2 is 1.42 bits per heavy atom. The average Bonchev–Trinajstić information content (AvgIpc) is 2.96. The molecule has 7 nitrogen and oxygen atoms in total. The van der Waals surface area contributed by atoms with Crippen molar-refractivity contribution < 1.29 is 4.79 Å². The summed E-state index contributed by atoms with van der Waals surface area (Å²) in [7, 11) is 0. The molecule has 0 aliphatic carbocycles. The van der Waals surface area contributed by atoms with E-state index in [2.05, 4.69) is 31.9 Å². The number of aromatic nitrogens is 1. The molecule has 0 bridgehead atoms. The third-order valence-electron chi connectivity index (χ3n) is 8.18. The summed E-state index contributed by atoms with van der Waals surface area (Å²) >= 11 is 0. The standard InChI is InChI=1S/C31H41N5O2/c1-2-27(24-11-5-3-6-12-24)32-31(38)29-25-13-7-8-14-26(25)30(37)33-28(29)23-36-21-19-35(20-22-36)18-17-34-15-9-4-10-16-34/h3,5-8,11-14,27H,2,4,9-10,15-23H2,1H3,(H,32,38)(H,33,37)/t27-/m0/s1. The molecule has 2 aromatic carbocycles. The Kier molecular flexibility index (Phi) is 8.89. The first kappa shape index (κ1) is 26.6. The number of amides is 1. The number of rotatable bonds is 9. The lowest BCUT2D eigenvalue weighted by Gasteiger charge is -2.36. The van der Waals surface area contributed by atoms with Crippen molar-refractivity contribution in [1.82, 2.24) is 25.0 Å². The van der Waals surface area contributed by atoms with E-state index in [1.807, 2.05) is 48.5 Å². The summed E-state index contributed by atoms with van der Waals surface area (Å²) in [5, 5.41) is 4.52. The number of pyridine rings is 1. The van der Waals surface area contributed by atoms with Crippen molar-refractivity contribution in [2.24, 2.45) is 0 Å². The van der Waals surface area contributed by atoms with Crippen LogP contribution in [0.1, 0.15) is 60.3 Å². The molecule has 2 aliphatic rings. The van der Waals surface area contributed by atoms with E-state index in [1.54, 1.807) is 6.07 Å². The van der Waals surface area contributed by atoms with Crippen LogP contribution in [-0.2, 0) is 6.54 Å². The van der Waals surface area contributed by atoms with E-state index in [0.717, 1.165) is 51.3 Å².